The Labute approximate surface area is 234 Å². The van der Waals surface area contributed by atoms with Crippen molar-refractivity contribution in [3.63, 3.8) is 0 Å². The van der Waals surface area contributed by atoms with E-state index in [-0.39, 0.29) is 27.9 Å². The van der Waals surface area contributed by atoms with Gasteiger partial charge in [0.25, 0.3) is 7.44 Å². The lowest BCUT2D eigenvalue weighted by Crippen LogP contribution is -2.55. The maximum atomic E-state index is 14.6. The maximum Gasteiger partial charge on any atom is 0.326 e. The van der Waals surface area contributed by atoms with Crippen molar-refractivity contribution in [3.8, 4) is 11.5 Å². The highest BCUT2D eigenvalue weighted by Gasteiger charge is 2.46. The van der Waals surface area contributed by atoms with E-state index in [1.807, 2.05) is 0 Å². The van der Waals surface area contributed by atoms with Crippen LogP contribution in [0.5, 0.6) is 0 Å². The van der Waals surface area contributed by atoms with Crippen molar-refractivity contribution >= 4 is 47.1 Å². The SMILES string of the molecule is CC(C)OC(=O)C(C)(C)NP(=O)(NC(C)(C)C(=O)OC(C)C)c1ccc(-c2nc(N)sc2C(=O)C(C)(C)C)o1. The van der Waals surface area contributed by atoms with E-state index in [4.69, 9.17) is 19.6 Å². The summed E-state index contributed by atoms with van der Waals surface area (Å²) in [7, 11) is -4.08. The first kappa shape index (κ1) is 32.7. The highest BCUT2D eigenvalue weighted by atomic mass is 32.1. The fourth-order valence-corrected chi connectivity index (χ4v) is 6.89. The Morgan fingerprint density at radius 2 is 1.38 bits per heavy atom. The lowest BCUT2D eigenvalue weighted by atomic mass is 9.89. The average molecular weight is 585 g/mol. The fraction of sp³-hybridized carbons (Fsp3) is 0.615. The van der Waals surface area contributed by atoms with Gasteiger partial charge in [0, 0.05) is 5.41 Å². The predicted molar refractivity (Wildman–Crippen MR) is 152 cm³/mol. The second-order valence-electron chi connectivity index (χ2n) is 11.9. The van der Waals surface area contributed by atoms with Gasteiger partial charge in [-0.15, -0.1) is 0 Å². The van der Waals surface area contributed by atoms with Crippen molar-refractivity contribution in [1.29, 1.82) is 0 Å². The molecule has 0 aliphatic carbocycles. The van der Waals surface area contributed by atoms with Gasteiger partial charge in [-0.2, -0.15) is 0 Å². The van der Waals surface area contributed by atoms with Gasteiger partial charge in [-0.1, -0.05) is 32.1 Å². The number of ether oxygens (including phenoxy) is 2. The van der Waals surface area contributed by atoms with E-state index < -0.39 is 48.1 Å². The van der Waals surface area contributed by atoms with Crippen LogP contribution in [0.2, 0.25) is 0 Å². The summed E-state index contributed by atoms with van der Waals surface area (Å²) in [6, 6.07) is 2.95. The highest BCUT2D eigenvalue weighted by molar-refractivity contribution is 7.67. The van der Waals surface area contributed by atoms with Crippen LogP contribution in [0.25, 0.3) is 11.5 Å². The van der Waals surface area contributed by atoms with Crippen molar-refractivity contribution in [3.05, 3.63) is 17.0 Å². The number of thiazole rings is 1. The zero-order valence-electron chi connectivity index (χ0n) is 24.5. The average Bonchev–Trinajstić information content (AvgIpc) is 3.37. The molecule has 0 amide bonds. The number of nitrogen functional groups attached to an aromatic ring is 1. The number of ketones is 1. The molecular weight excluding hydrogens is 543 g/mol. The Morgan fingerprint density at radius 1 is 0.923 bits per heavy atom. The molecule has 0 spiro atoms. The van der Waals surface area contributed by atoms with Gasteiger partial charge in [0.2, 0.25) is 0 Å². The first-order chi connectivity index (χ1) is 17.6. The summed E-state index contributed by atoms with van der Waals surface area (Å²) < 4.78 is 31.3. The maximum absolute atomic E-state index is 14.6. The third-order valence-electron chi connectivity index (χ3n) is 5.25. The molecule has 0 saturated carbocycles. The molecule has 4 N–H and O–H groups in total. The zero-order chi connectivity index (χ0) is 30.1. The van der Waals surface area contributed by atoms with Crippen molar-refractivity contribution in [1.82, 2.24) is 15.2 Å². The molecule has 2 rings (SSSR count). The molecular formula is C26H41N4O7PS. The molecule has 13 heteroatoms. The van der Waals surface area contributed by atoms with Gasteiger partial charge in [0.05, 0.1) is 12.2 Å². The van der Waals surface area contributed by atoms with E-state index in [1.54, 1.807) is 48.5 Å². The number of anilines is 1. The molecule has 2 aromatic heterocycles. The number of carbonyl (C=O) groups is 3. The summed E-state index contributed by atoms with van der Waals surface area (Å²) in [6.07, 6.45) is -0.819. The fourth-order valence-electron chi connectivity index (χ4n) is 3.36. The molecule has 218 valence electrons. The number of hydrogen-bond donors (Lipinski definition) is 3. The third kappa shape index (κ3) is 8.00. The second kappa shape index (κ2) is 11.5. The molecule has 0 fully saturated rings. The topological polar surface area (TPSA) is 163 Å². The van der Waals surface area contributed by atoms with Crippen LogP contribution >= 0.6 is 18.8 Å². The number of esters is 2. The molecule has 0 aromatic carbocycles. The van der Waals surface area contributed by atoms with Crippen molar-refractivity contribution in [2.45, 2.75) is 99.4 Å². The van der Waals surface area contributed by atoms with Crippen molar-refractivity contribution in [2.75, 3.05) is 5.73 Å². The zero-order valence-corrected chi connectivity index (χ0v) is 26.3. The van der Waals surface area contributed by atoms with Gasteiger partial charge in [-0.3, -0.25) is 18.9 Å². The molecule has 0 aliphatic heterocycles. The quantitative estimate of drug-likeness (QED) is 0.191. The molecule has 2 heterocycles. The van der Waals surface area contributed by atoms with Crippen LogP contribution in [0.3, 0.4) is 0 Å². The van der Waals surface area contributed by atoms with Gasteiger partial charge in [-0.25, -0.2) is 15.2 Å². The van der Waals surface area contributed by atoms with E-state index in [0.717, 1.165) is 11.3 Å². The van der Waals surface area contributed by atoms with Crippen LogP contribution in [-0.2, 0) is 23.6 Å². The predicted octanol–water partition coefficient (Wildman–Crippen LogP) is 4.67. The lowest BCUT2D eigenvalue weighted by molar-refractivity contribution is -0.153. The molecule has 0 aliphatic rings. The van der Waals surface area contributed by atoms with Crippen molar-refractivity contribution in [2.24, 2.45) is 5.41 Å². The molecule has 11 nitrogen and oxygen atoms in total. The normalized spacial score (nSPS) is 13.2. The van der Waals surface area contributed by atoms with Gasteiger partial charge in [-0.05, 0) is 67.5 Å². The van der Waals surface area contributed by atoms with E-state index >= 15 is 0 Å². The number of Topliss-reactive ketones (excluding diaryl/α,β-unsaturated/α-hetero) is 1. The summed E-state index contributed by atoms with van der Waals surface area (Å²) >= 11 is 1.03. The first-order valence-corrected chi connectivity index (χ1v) is 15.1. The van der Waals surface area contributed by atoms with Gasteiger partial charge in [0.15, 0.2) is 22.2 Å². The third-order valence-corrected chi connectivity index (χ3v) is 8.74. The minimum atomic E-state index is -4.08. The molecule has 0 radical (unpaired) electrons. The molecule has 2 aromatic rings. The van der Waals surface area contributed by atoms with Crippen LogP contribution in [0.15, 0.2) is 16.5 Å². The van der Waals surface area contributed by atoms with Crippen LogP contribution in [0, 0.1) is 5.41 Å². The lowest BCUT2D eigenvalue weighted by Gasteiger charge is -2.34. The van der Waals surface area contributed by atoms with E-state index in [0.29, 0.717) is 4.88 Å². The second-order valence-corrected chi connectivity index (χ2v) is 15.1. The Kier molecular flexibility index (Phi) is 9.66. The van der Waals surface area contributed by atoms with E-state index in [1.165, 1.54) is 39.8 Å². The highest BCUT2D eigenvalue weighted by Crippen LogP contribution is 2.43. The van der Waals surface area contributed by atoms with E-state index in [9.17, 15) is 18.9 Å². The number of nitrogens with one attached hydrogen (secondary N) is 2. The Balaban J connectivity index is 2.62. The summed E-state index contributed by atoms with van der Waals surface area (Å²) in [5.41, 5.74) is 2.42. The summed E-state index contributed by atoms with van der Waals surface area (Å²) in [4.78, 5) is 43.4. The van der Waals surface area contributed by atoms with Gasteiger partial charge >= 0.3 is 11.9 Å². The first-order valence-electron chi connectivity index (χ1n) is 12.6. The minimum absolute atomic E-state index is 0.103. The molecule has 0 atom stereocenters. The molecule has 0 saturated heterocycles. The number of furan rings is 1. The largest absolute Gasteiger partial charge is 0.462 e. The molecule has 0 unspecified atom stereocenters. The minimum Gasteiger partial charge on any atom is -0.462 e. The Hall–Kier alpha value is -2.53. The van der Waals surface area contributed by atoms with Crippen LogP contribution in [0.1, 0.15) is 85.8 Å². The van der Waals surface area contributed by atoms with Crippen LogP contribution in [-0.4, -0.2) is 46.0 Å². The summed E-state index contributed by atoms with van der Waals surface area (Å²) in [5, 5.41) is 5.86. The summed E-state index contributed by atoms with van der Waals surface area (Å²) in [6.45, 7) is 18.2. The van der Waals surface area contributed by atoms with Crippen LogP contribution < -0.4 is 21.4 Å². The van der Waals surface area contributed by atoms with E-state index in [2.05, 4.69) is 15.2 Å². The van der Waals surface area contributed by atoms with Crippen LogP contribution in [0.4, 0.5) is 5.13 Å². The number of rotatable bonds is 11. The smallest absolute Gasteiger partial charge is 0.326 e. The summed E-state index contributed by atoms with van der Waals surface area (Å²) in [5.74, 6) is -1.34. The standard InChI is InChI=1S/C26H41N4O7PS/c1-14(2)35-21(32)25(8,9)29-38(34,30-26(10,11)22(33)36-15(3)4)17-13-12-16(37-17)18-19(39-23(27)28-18)20(31)24(5,6)7/h12-15H,1-11H3,(H2,27,28)(H2,29,30,34). The van der Waals surface area contributed by atoms with Gasteiger partial charge in [0.1, 0.15) is 21.6 Å². The Bertz CT molecular complexity index is 1230. The number of nitrogens with two attached hydrogens (primary N) is 1. The monoisotopic (exact) mass is 584 g/mol. The number of carbonyl (C=O) groups excluding carboxylic acids is 3. The number of hydrogen-bond acceptors (Lipinski definition) is 10. The Morgan fingerprint density at radius 3 is 1.79 bits per heavy atom. The van der Waals surface area contributed by atoms with Crippen molar-refractivity contribution < 1.29 is 32.8 Å². The molecule has 0 bridgehead atoms. The molecule has 39 heavy (non-hydrogen) atoms. The number of nitrogens with zero attached hydrogens (tertiary/aromatic N) is 1. The van der Waals surface area contributed by atoms with Gasteiger partial charge < -0.3 is 19.6 Å². The number of aromatic nitrogens is 1.